The van der Waals surface area contributed by atoms with Gasteiger partial charge in [-0.05, 0) is 49.2 Å². The van der Waals surface area contributed by atoms with Gasteiger partial charge in [-0.3, -0.25) is 4.90 Å². The van der Waals surface area contributed by atoms with Crippen molar-refractivity contribution >= 4 is 34.3 Å². The van der Waals surface area contributed by atoms with Crippen molar-refractivity contribution in [3.8, 4) is 11.3 Å². The molecule has 0 bridgehead atoms. The van der Waals surface area contributed by atoms with Gasteiger partial charge in [0.15, 0.2) is 0 Å². The van der Waals surface area contributed by atoms with Gasteiger partial charge in [0.2, 0.25) is 0 Å². The number of hydrogen-bond donors (Lipinski definition) is 0. The van der Waals surface area contributed by atoms with Gasteiger partial charge in [-0.25, -0.2) is 4.98 Å². The number of likely N-dealkylation sites (N-methyl/N-ethyl adjacent to an activating group) is 1. The van der Waals surface area contributed by atoms with Gasteiger partial charge in [0.25, 0.3) is 0 Å². The van der Waals surface area contributed by atoms with Crippen molar-refractivity contribution < 1.29 is 0 Å². The Morgan fingerprint density at radius 3 is 2.44 bits per heavy atom. The molecule has 1 aromatic heterocycles. The average molecular weight is 398 g/mol. The maximum atomic E-state index is 6.11. The summed E-state index contributed by atoms with van der Waals surface area (Å²) in [4.78, 5) is 11.2. The average Bonchev–Trinajstić information content (AvgIpc) is 2.69. The molecule has 140 valence electrons. The van der Waals surface area contributed by atoms with Crippen molar-refractivity contribution in [3.63, 3.8) is 0 Å². The minimum atomic E-state index is 0.754. The van der Waals surface area contributed by atoms with Crippen LogP contribution in [0, 0.1) is 0 Å². The fraction of sp³-hybridized carbons (Fsp3) is 0.318. The van der Waals surface area contributed by atoms with E-state index in [4.69, 9.17) is 16.6 Å². The molecule has 5 heteroatoms. The fourth-order valence-corrected chi connectivity index (χ4v) is 4.10. The molecule has 1 fully saturated rings. The van der Waals surface area contributed by atoms with Crippen molar-refractivity contribution in [2.75, 3.05) is 39.5 Å². The van der Waals surface area contributed by atoms with E-state index in [0.717, 1.165) is 54.5 Å². The van der Waals surface area contributed by atoms with Crippen LogP contribution in [-0.2, 0) is 6.54 Å². The molecule has 0 aliphatic carbocycles. The SMILES string of the molecule is CSc1ccc2cc(CN3CCN(C)CC3)c(-c3ccc(Cl)cc3)nc2c1. The van der Waals surface area contributed by atoms with Crippen LogP contribution >= 0.6 is 23.4 Å². The summed E-state index contributed by atoms with van der Waals surface area (Å²) >= 11 is 7.86. The highest BCUT2D eigenvalue weighted by Crippen LogP contribution is 2.30. The molecule has 4 rings (SSSR count). The van der Waals surface area contributed by atoms with E-state index >= 15 is 0 Å². The maximum absolute atomic E-state index is 6.11. The lowest BCUT2D eigenvalue weighted by Gasteiger charge is -2.32. The first-order valence-corrected chi connectivity index (χ1v) is 10.9. The molecule has 27 heavy (non-hydrogen) atoms. The second kappa shape index (κ2) is 8.19. The summed E-state index contributed by atoms with van der Waals surface area (Å²) in [6.07, 6.45) is 2.10. The Bertz CT molecular complexity index is 934. The molecule has 1 aliphatic heterocycles. The molecule has 0 saturated carbocycles. The van der Waals surface area contributed by atoms with Crippen molar-refractivity contribution in [1.29, 1.82) is 0 Å². The van der Waals surface area contributed by atoms with Crippen LogP contribution in [0.15, 0.2) is 53.4 Å². The zero-order chi connectivity index (χ0) is 18.8. The zero-order valence-electron chi connectivity index (χ0n) is 15.8. The second-order valence-corrected chi connectivity index (χ2v) is 8.46. The third-order valence-electron chi connectivity index (χ3n) is 5.21. The summed E-state index contributed by atoms with van der Waals surface area (Å²) in [5, 5.41) is 1.96. The number of benzene rings is 2. The van der Waals surface area contributed by atoms with Crippen LogP contribution in [0.4, 0.5) is 0 Å². The minimum absolute atomic E-state index is 0.754. The first-order chi connectivity index (χ1) is 13.1. The van der Waals surface area contributed by atoms with E-state index in [1.807, 2.05) is 12.1 Å². The quantitative estimate of drug-likeness (QED) is 0.575. The molecule has 1 saturated heterocycles. The smallest absolute Gasteiger partial charge is 0.0754 e. The number of aromatic nitrogens is 1. The molecule has 0 atom stereocenters. The summed E-state index contributed by atoms with van der Waals surface area (Å²) in [7, 11) is 2.19. The standard InChI is InChI=1S/C22H24ClN3S/c1-25-9-11-26(12-10-25)15-18-13-17-5-8-20(27-2)14-21(17)24-22(18)16-3-6-19(23)7-4-16/h3-8,13-14H,9-12,15H2,1-2H3. The molecule has 0 radical (unpaired) electrons. The van der Waals surface area contributed by atoms with Crippen molar-refractivity contribution in [2.24, 2.45) is 0 Å². The molecule has 1 aliphatic rings. The Labute approximate surface area is 170 Å². The lowest BCUT2D eigenvalue weighted by molar-refractivity contribution is 0.148. The van der Waals surface area contributed by atoms with Crippen molar-refractivity contribution in [2.45, 2.75) is 11.4 Å². The molecule has 2 aromatic carbocycles. The first-order valence-electron chi connectivity index (χ1n) is 9.27. The normalized spacial score (nSPS) is 16.1. The van der Waals surface area contributed by atoms with Gasteiger partial charge in [-0.15, -0.1) is 11.8 Å². The fourth-order valence-electron chi connectivity index (χ4n) is 3.54. The number of halogens is 1. The van der Waals surface area contributed by atoms with E-state index in [1.54, 1.807) is 11.8 Å². The number of fused-ring (bicyclic) bond motifs is 1. The zero-order valence-corrected chi connectivity index (χ0v) is 17.4. The third-order valence-corrected chi connectivity index (χ3v) is 6.19. The van der Waals surface area contributed by atoms with Crippen LogP contribution in [0.3, 0.4) is 0 Å². The monoisotopic (exact) mass is 397 g/mol. The van der Waals surface area contributed by atoms with E-state index in [0.29, 0.717) is 0 Å². The summed E-state index contributed by atoms with van der Waals surface area (Å²) in [5.41, 5.74) is 4.52. The number of rotatable bonds is 4. The van der Waals surface area contributed by atoms with Crippen LogP contribution in [0.2, 0.25) is 5.02 Å². The molecule has 0 unspecified atom stereocenters. The van der Waals surface area contributed by atoms with Crippen LogP contribution in [0.25, 0.3) is 22.2 Å². The Balaban J connectivity index is 1.76. The van der Waals surface area contributed by atoms with E-state index in [9.17, 15) is 0 Å². The minimum Gasteiger partial charge on any atom is -0.304 e. The van der Waals surface area contributed by atoms with Gasteiger partial charge >= 0.3 is 0 Å². The lowest BCUT2D eigenvalue weighted by atomic mass is 10.0. The topological polar surface area (TPSA) is 19.4 Å². The Morgan fingerprint density at radius 1 is 1.00 bits per heavy atom. The van der Waals surface area contributed by atoms with Gasteiger partial charge in [0, 0.05) is 53.6 Å². The number of nitrogens with zero attached hydrogens (tertiary/aromatic N) is 3. The lowest BCUT2D eigenvalue weighted by Crippen LogP contribution is -2.43. The van der Waals surface area contributed by atoms with E-state index in [-0.39, 0.29) is 0 Å². The van der Waals surface area contributed by atoms with E-state index in [2.05, 4.69) is 59.5 Å². The molecule has 2 heterocycles. The molecular weight excluding hydrogens is 374 g/mol. The molecule has 3 nitrogen and oxygen atoms in total. The van der Waals surface area contributed by atoms with Crippen LogP contribution in [0.5, 0.6) is 0 Å². The van der Waals surface area contributed by atoms with Gasteiger partial charge in [0.05, 0.1) is 11.2 Å². The highest BCUT2D eigenvalue weighted by Gasteiger charge is 2.17. The highest BCUT2D eigenvalue weighted by molar-refractivity contribution is 7.98. The molecule has 0 amide bonds. The summed E-state index contributed by atoms with van der Waals surface area (Å²) in [5.74, 6) is 0. The van der Waals surface area contributed by atoms with Crippen LogP contribution in [-0.4, -0.2) is 54.3 Å². The summed E-state index contributed by atoms with van der Waals surface area (Å²) in [6, 6.07) is 16.9. The number of pyridine rings is 1. The van der Waals surface area contributed by atoms with E-state index in [1.165, 1.54) is 15.8 Å². The predicted octanol–water partition coefficient (Wildman–Crippen LogP) is 5.02. The Kier molecular flexibility index (Phi) is 5.69. The largest absolute Gasteiger partial charge is 0.304 e. The predicted molar refractivity (Wildman–Crippen MR) is 117 cm³/mol. The number of piperazine rings is 1. The Morgan fingerprint density at radius 2 is 1.74 bits per heavy atom. The molecule has 0 spiro atoms. The van der Waals surface area contributed by atoms with Gasteiger partial charge in [-0.2, -0.15) is 0 Å². The summed E-state index contributed by atoms with van der Waals surface area (Å²) in [6.45, 7) is 5.36. The maximum Gasteiger partial charge on any atom is 0.0754 e. The number of thioether (sulfide) groups is 1. The van der Waals surface area contributed by atoms with Gasteiger partial charge < -0.3 is 4.90 Å². The Hall–Kier alpha value is -1.59. The van der Waals surface area contributed by atoms with Gasteiger partial charge in [-0.1, -0.05) is 29.8 Å². The third kappa shape index (κ3) is 4.30. The second-order valence-electron chi connectivity index (χ2n) is 7.14. The molecule has 0 N–H and O–H groups in total. The summed E-state index contributed by atoms with van der Waals surface area (Å²) < 4.78 is 0. The number of hydrogen-bond acceptors (Lipinski definition) is 4. The van der Waals surface area contributed by atoms with Crippen LogP contribution < -0.4 is 0 Å². The van der Waals surface area contributed by atoms with Crippen molar-refractivity contribution in [3.05, 3.63) is 59.1 Å². The van der Waals surface area contributed by atoms with Crippen LogP contribution in [0.1, 0.15) is 5.56 Å². The molecular formula is C22H24ClN3S. The highest BCUT2D eigenvalue weighted by atomic mass is 35.5. The van der Waals surface area contributed by atoms with Gasteiger partial charge in [0.1, 0.15) is 0 Å². The molecule has 3 aromatic rings. The van der Waals surface area contributed by atoms with Crippen molar-refractivity contribution in [1.82, 2.24) is 14.8 Å². The first kappa shape index (κ1) is 18.8. The van der Waals surface area contributed by atoms with E-state index < -0.39 is 0 Å².